The first-order chi connectivity index (χ1) is 10.6. The highest BCUT2D eigenvalue weighted by Crippen LogP contribution is 2.29. The predicted molar refractivity (Wildman–Crippen MR) is 86.2 cm³/mol. The van der Waals surface area contributed by atoms with Crippen LogP contribution in [0, 0.1) is 0 Å². The standard InChI is InChI=1S/C17H16O4P/c1-3-22(19)21-20-17(18)13(2)15-11-7-8-12-16(15)14-9-5-4-6-10-14/h4-12H,2-3H2,1H3/q+1. The molecule has 0 spiro atoms. The van der Waals surface area contributed by atoms with E-state index in [1.165, 1.54) is 0 Å². The van der Waals surface area contributed by atoms with E-state index in [0.717, 1.165) is 11.1 Å². The summed E-state index contributed by atoms with van der Waals surface area (Å²) in [5.74, 6) is -0.750. The SMILES string of the molecule is C=C(C(=O)OO[P+](=O)CC)c1ccccc1-c1ccccc1. The minimum Gasteiger partial charge on any atom is -0.248 e. The summed E-state index contributed by atoms with van der Waals surface area (Å²) < 4.78 is 15.7. The molecule has 1 atom stereocenters. The topological polar surface area (TPSA) is 52.6 Å². The Morgan fingerprint density at radius 1 is 1.09 bits per heavy atom. The van der Waals surface area contributed by atoms with Crippen LogP contribution < -0.4 is 0 Å². The fourth-order valence-corrected chi connectivity index (χ4v) is 2.16. The van der Waals surface area contributed by atoms with Crippen molar-refractivity contribution in [2.24, 2.45) is 0 Å². The number of carbonyl (C=O) groups excluding carboxylic acids is 1. The number of rotatable bonds is 6. The molecule has 0 aliphatic rings. The second kappa shape index (κ2) is 7.64. The number of benzene rings is 2. The summed E-state index contributed by atoms with van der Waals surface area (Å²) in [5.41, 5.74) is 2.63. The summed E-state index contributed by atoms with van der Waals surface area (Å²) in [5, 5.41) is 0. The van der Waals surface area contributed by atoms with E-state index < -0.39 is 14.0 Å². The molecule has 0 aliphatic heterocycles. The molecule has 2 rings (SSSR count). The Bertz CT molecular complexity index is 695. The normalized spacial score (nSPS) is 10.9. The molecule has 2 aromatic carbocycles. The van der Waals surface area contributed by atoms with E-state index in [0.29, 0.717) is 5.56 Å². The van der Waals surface area contributed by atoms with Gasteiger partial charge in [-0.2, -0.15) is 0 Å². The van der Waals surface area contributed by atoms with E-state index in [1.807, 2.05) is 48.5 Å². The van der Waals surface area contributed by atoms with Gasteiger partial charge in [-0.15, -0.1) is 0 Å². The minimum atomic E-state index is -1.99. The summed E-state index contributed by atoms with van der Waals surface area (Å²) in [6.45, 7) is 5.44. The molecular weight excluding hydrogens is 299 g/mol. The van der Waals surface area contributed by atoms with Crippen LogP contribution in [0.2, 0.25) is 0 Å². The van der Waals surface area contributed by atoms with Crippen LogP contribution in [0.25, 0.3) is 16.7 Å². The molecule has 0 heterocycles. The van der Waals surface area contributed by atoms with Gasteiger partial charge in [0.05, 0.1) is 10.2 Å². The van der Waals surface area contributed by atoms with Gasteiger partial charge in [0.25, 0.3) is 0 Å². The highest BCUT2D eigenvalue weighted by molar-refractivity contribution is 7.38. The Balaban J connectivity index is 2.24. The Labute approximate surface area is 130 Å². The van der Waals surface area contributed by atoms with Crippen LogP contribution in [0.5, 0.6) is 0 Å². The zero-order valence-electron chi connectivity index (χ0n) is 12.2. The van der Waals surface area contributed by atoms with Crippen molar-refractivity contribution in [1.29, 1.82) is 0 Å². The number of hydrogen-bond donors (Lipinski definition) is 0. The summed E-state index contributed by atoms with van der Waals surface area (Å²) in [6.07, 6.45) is 0.274. The average molecular weight is 315 g/mol. The van der Waals surface area contributed by atoms with Gasteiger partial charge in [-0.25, -0.2) is 9.68 Å². The van der Waals surface area contributed by atoms with Gasteiger partial charge in [-0.1, -0.05) is 61.2 Å². The quantitative estimate of drug-likeness (QED) is 0.338. The first-order valence-electron chi connectivity index (χ1n) is 6.80. The van der Waals surface area contributed by atoms with Gasteiger partial charge in [0.1, 0.15) is 0 Å². The second-order valence-corrected chi connectivity index (χ2v) is 5.93. The van der Waals surface area contributed by atoms with Crippen molar-refractivity contribution in [3.63, 3.8) is 0 Å². The van der Waals surface area contributed by atoms with Gasteiger partial charge in [-0.05, 0) is 28.2 Å². The van der Waals surface area contributed by atoms with E-state index >= 15 is 0 Å². The lowest BCUT2D eigenvalue weighted by Crippen LogP contribution is -2.06. The van der Waals surface area contributed by atoms with E-state index in [4.69, 9.17) is 0 Å². The molecule has 0 saturated heterocycles. The van der Waals surface area contributed by atoms with Gasteiger partial charge in [-0.3, -0.25) is 0 Å². The Morgan fingerprint density at radius 3 is 2.41 bits per heavy atom. The van der Waals surface area contributed by atoms with Crippen molar-refractivity contribution in [2.45, 2.75) is 6.92 Å². The lowest BCUT2D eigenvalue weighted by atomic mass is 9.95. The van der Waals surface area contributed by atoms with Crippen LogP contribution in [-0.4, -0.2) is 12.1 Å². The van der Waals surface area contributed by atoms with E-state index in [9.17, 15) is 9.36 Å². The fraction of sp³-hybridized carbons (Fsp3) is 0.118. The highest BCUT2D eigenvalue weighted by atomic mass is 31.1. The second-order valence-electron chi connectivity index (χ2n) is 4.48. The van der Waals surface area contributed by atoms with Gasteiger partial charge in [0.15, 0.2) is 6.16 Å². The third-order valence-corrected chi connectivity index (χ3v) is 3.79. The third-order valence-electron chi connectivity index (χ3n) is 3.04. The molecule has 22 heavy (non-hydrogen) atoms. The molecule has 0 N–H and O–H groups in total. The molecule has 0 amide bonds. The monoisotopic (exact) mass is 315 g/mol. The van der Waals surface area contributed by atoms with Gasteiger partial charge >= 0.3 is 14.0 Å². The molecule has 112 valence electrons. The zero-order chi connectivity index (χ0) is 15.9. The molecule has 0 bridgehead atoms. The molecule has 2 aromatic rings. The minimum absolute atomic E-state index is 0.152. The first kappa shape index (κ1) is 16.1. The lowest BCUT2D eigenvalue weighted by molar-refractivity contribution is -0.203. The number of carbonyl (C=O) groups is 1. The summed E-state index contributed by atoms with van der Waals surface area (Å²) in [4.78, 5) is 16.6. The molecule has 0 radical (unpaired) electrons. The van der Waals surface area contributed by atoms with Crippen LogP contribution >= 0.6 is 8.03 Å². The van der Waals surface area contributed by atoms with Crippen molar-refractivity contribution in [1.82, 2.24) is 0 Å². The van der Waals surface area contributed by atoms with Crippen molar-refractivity contribution < 1.29 is 18.9 Å². The number of hydrogen-bond acceptors (Lipinski definition) is 4. The Morgan fingerprint density at radius 2 is 1.73 bits per heavy atom. The molecule has 0 aromatic heterocycles. The molecular formula is C17H16O4P+. The summed E-state index contributed by atoms with van der Waals surface area (Å²) >= 11 is 0. The molecule has 0 saturated carbocycles. The maximum atomic E-state index is 12.0. The van der Waals surface area contributed by atoms with Crippen molar-refractivity contribution >= 4 is 19.6 Å². The van der Waals surface area contributed by atoms with E-state index in [-0.39, 0.29) is 11.7 Å². The van der Waals surface area contributed by atoms with Gasteiger partial charge < -0.3 is 0 Å². The van der Waals surface area contributed by atoms with Crippen LogP contribution in [-0.2, 0) is 18.9 Å². The van der Waals surface area contributed by atoms with E-state index in [2.05, 4.69) is 16.1 Å². The molecule has 0 aliphatic carbocycles. The molecule has 4 nitrogen and oxygen atoms in total. The summed E-state index contributed by atoms with van der Waals surface area (Å²) in [6, 6.07) is 17.0. The zero-order valence-corrected chi connectivity index (χ0v) is 13.1. The third kappa shape index (κ3) is 3.88. The van der Waals surface area contributed by atoms with Gasteiger partial charge in [0.2, 0.25) is 0 Å². The van der Waals surface area contributed by atoms with Crippen LogP contribution in [0.1, 0.15) is 12.5 Å². The van der Waals surface area contributed by atoms with Crippen LogP contribution in [0.4, 0.5) is 0 Å². The molecule has 5 heteroatoms. The Hall–Kier alpha value is -2.29. The summed E-state index contributed by atoms with van der Waals surface area (Å²) in [7, 11) is -1.99. The maximum absolute atomic E-state index is 12.0. The molecule has 0 fully saturated rings. The van der Waals surface area contributed by atoms with Crippen LogP contribution in [0.15, 0.2) is 61.2 Å². The predicted octanol–water partition coefficient (Wildman–Crippen LogP) is 4.60. The van der Waals surface area contributed by atoms with Crippen molar-refractivity contribution in [3.05, 3.63) is 66.7 Å². The fourth-order valence-electron chi connectivity index (χ4n) is 1.90. The van der Waals surface area contributed by atoms with Crippen molar-refractivity contribution in [2.75, 3.05) is 6.16 Å². The largest absolute Gasteiger partial charge is 0.553 e. The lowest BCUT2D eigenvalue weighted by Gasteiger charge is -2.10. The van der Waals surface area contributed by atoms with Gasteiger partial charge in [0, 0.05) is 0 Å². The smallest absolute Gasteiger partial charge is 0.248 e. The van der Waals surface area contributed by atoms with Crippen LogP contribution in [0.3, 0.4) is 0 Å². The van der Waals surface area contributed by atoms with E-state index in [1.54, 1.807) is 13.0 Å². The first-order valence-corrected chi connectivity index (χ1v) is 8.17. The Kier molecular flexibility index (Phi) is 5.59. The highest BCUT2D eigenvalue weighted by Gasteiger charge is 2.22. The van der Waals surface area contributed by atoms with Crippen molar-refractivity contribution in [3.8, 4) is 11.1 Å². The molecule has 1 unspecified atom stereocenters. The average Bonchev–Trinajstić information content (AvgIpc) is 2.59. The maximum Gasteiger partial charge on any atom is 0.553 e.